The number of hydrogen-bond donors (Lipinski definition) is 1. The fourth-order valence-corrected chi connectivity index (χ4v) is 4.49. The Morgan fingerprint density at radius 2 is 1.71 bits per heavy atom. The molecule has 24 heavy (non-hydrogen) atoms. The number of nitrogens with two attached hydrogens (primary N) is 1. The largest absolute Gasteiger partial charge is 0.300 e. The van der Waals surface area contributed by atoms with E-state index >= 15 is 0 Å². The van der Waals surface area contributed by atoms with Gasteiger partial charge in [-0.2, -0.15) is 12.7 Å². The van der Waals surface area contributed by atoms with Gasteiger partial charge in [-0.1, -0.05) is 30.3 Å². The Morgan fingerprint density at radius 1 is 1.00 bits per heavy atom. The molecule has 1 unspecified atom stereocenters. The summed E-state index contributed by atoms with van der Waals surface area (Å²) in [5, 5.41) is 5.20. The lowest BCUT2D eigenvalue weighted by Crippen LogP contribution is -2.52. The fourth-order valence-electron chi connectivity index (χ4n) is 3.82. The van der Waals surface area contributed by atoms with E-state index in [4.69, 9.17) is 5.14 Å². The van der Waals surface area contributed by atoms with Crippen molar-refractivity contribution in [1.82, 2.24) is 14.1 Å². The average Bonchev–Trinajstić information content (AvgIpc) is 2.56. The van der Waals surface area contributed by atoms with E-state index in [2.05, 4.69) is 40.1 Å². The number of hydrogen-bond acceptors (Lipinski definition) is 4. The van der Waals surface area contributed by atoms with Gasteiger partial charge in [0.2, 0.25) is 0 Å². The Bertz CT molecular complexity index is 615. The van der Waals surface area contributed by atoms with Crippen LogP contribution in [0.5, 0.6) is 0 Å². The molecule has 2 heterocycles. The van der Waals surface area contributed by atoms with Gasteiger partial charge in [0.15, 0.2) is 0 Å². The summed E-state index contributed by atoms with van der Waals surface area (Å²) in [6.45, 7) is 6.98. The van der Waals surface area contributed by atoms with E-state index in [1.54, 1.807) is 0 Å². The molecule has 0 spiro atoms. The number of piperazine rings is 1. The van der Waals surface area contributed by atoms with Gasteiger partial charge in [0, 0.05) is 45.8 Å². The Labute approximate surface area is 145 Å². The number of benzene rings is 1. The molecular weight excluding hydrogens is 324 g/mol. The smallest absolute Gasteiger partial charge is 0.276 e. The summed E-state index contributed by atoms with van der Waals surface area (Å²) in [6.07, 6.45) is 2.51. The number of rotatable bonds is 5. The summed E-state index contributed by atoms with van der Waals surface area (Å²) >= 11 is 0. The fraction of sp³-hybridized carbons (Fsp3) is 0.647. The highest BCUT2D eigenvalue weighted by atomic mass is 32.2. The zero-order valence-corrected chi connectivity index (χ0v) is 15.0. The number of likely N-dealkylation sites (tertiary alicyclic amines) is 1. The highest BCUT2D eigenvalue weighted by molar-refractivity contribution is 7.86. The topological polar surface area (TPSA) is 69.9 Å². The minimum absolute atomic E-state index is 0.513. The van der Waals surface area contributed by atoms with Gasteiger partial charge in [-0.05, 0) is 30.9 Å². The second kappa shape index (κ2) is 7.93. The van der Waals surface area contributed by atoms with Crippen LogP contribution in [0.3, 0.4) is 0 Å². The third kappa shape index (κ3) is 5.00. The van der Waals surface area contributed by atoms with Crippen LogP contribution in [0.4, 0.5) is 0 Å². The third-order valence-electron chi connectivity index (χ3n) is 5.06. The van der Waals surface area contributed by atoms with Crippen LogP contribution < -0.4 is 5.14 Å². The van der Waals surface area contributed by atoms with Gasteiger partial charge in [0.25, 0.3) is 10.2 Å². The van der Waals surface area contributed by atoms with Crippen molar-refractivity contribution in [3.05, 3.63) is 35.9 Å². The van der Waals surface area contributed by atoms with Crippen LogP contribution in [0, 0.1) is 5.92 Å². The highest BCUT2D eigenvalue weighted by Crippen LogP contribution is 2.20. The van der Waals surface area contributed by atoms with E-state index < -0.39 is 10.2 Å². The van der Waals surface area contributed by atoms with Gasteiger partial charge >= 0.3 is 0 Å². The molecule has 1 aromatic carbocycles. The number of nitrogens with zero attached hydrogens (tertiary/aromatic N) is 3. The lowest BCUT2D eigenvalue weighted by atomic mass is 9.96. The van der Waals surface area contributed by atoms with E-state index in [1.807, 2.05) is 0 Å². The van der Waals surface area contributed by atoms with E-state index in [0.29, 0.717) is 19.0 Å². The van der Waals surface area contributed by atoms with Gasteiger partial charge < -0.3 is 4.90 Å². The first-order chi connectivity index (χ1) is 11.5. The van der Waals surface area contributed by atoms with Crippen molar-refractivity contribution in [1.29, 1.82) is 0 Å². The molecular formula is C17H28N4O2S. The lowest BCUT2D eigenvalue weighted by molar-refractivity contribution is 0.109. The van der Waals surface area contributed by atoms with Crippen molar-refractivity contribution >= 4 is 10.2 Å². The molecule has 0 radical (unpaired) electrons. The van der Waals surface area contributed by atoms with Gasteiger partial charge in [-0.25, -0.2) is 5.14 Å². The van der Waals surface area contributed by atoms with E-state index in [9.17, 15) is 8.42 Å². The first-order valence-corrected chi connectivity index (χ1v) is 10.3. The molecule has 3 rings (SSSR count). The van der Waals surface area contributed by atoms with Crippen molar-refractivity contribution in [2.45, 2.75) is 19.4 Å². The van der Waals surface area contributed by atoms with E-state index in [1.165, 1.54) is 29.3 Å². The second-order valence-electron chi connectivity index (χ2n) is 6.97. The molecule has 6 nitrogen and oxygen atoms in total. The molecule has 0 saturated carbocycles. The zero-order chi connectivity index (χ0) is 17.0. The zero-order valence-electron chi connectivity index (χ0n) is 14.2. The van der Waals surface area contributed by atoms with Gasteiger partial charge in [0.05, 0.1) is 0 Å². The maximum Gasteiger partial charge on any atom is 0.276 e. The Hall–Kier alpha value is -0.990. The average molecular weight is 353 g/mol. The predicted molar refractivity (Wildman–Crippen MR) is 95.6 cm³/mol. The quantitative estimate of drug-likeness (QED) is 0.848. The standard InChI is InChI=1S/C17H28N4O2S/c18-24(22,23)21-11-9-19(10-12-21)14-17-7-4-8-20(15-17)13-16-5-2-1-3-6-16/h1-3,5-6,17H,4,7-15H2,(H2,18,22,23). The van der Waals surface area contributed by atoms with Crippen LogP contribution in [-0.4, -0.2) is 68.3 Å². The minimum atomic E-state index is -3.53. The Kier molecular flexibility index (Phi) is 5.89. The van der Waals surface area contributed by atoms with Crippen molar-refractivity contribution in [2.75, 3.05) is 45.8 Å². The Balaban J connectivity index is 1.46. The molecule has 2 N–H and O–H groups in total. The molecule has 2 fully saturated rings. The first kappa shape index (κ1) is 17.8. The van der Waals surface area contributed by atoms with Gasteiger partial charge in [0.1, 0.15) is 0 Å². The molecule has 2 aliphatic heterocycles. The molecule has 1 aromatic rings. The molecule has 2 aliphatic rings. The highest BCUT2D eigenvalue weighted by Gasteiger charge is 2.27. The summed E-state index contributed by atoms with van der Waals surface area (Å²) in [5.74, 6) is 0.670. The van der Waals surface area contributed by atoms with Crippen LogP contribution in [0.15, 0.2) is 30.3 Å². The third-order valence-corrected chi connectivity index (χ3v) is 6.14. The normalized spacial score (nSPS) is 25.0. The van der Waals surface area contributed by atoms with Crippen LogP contribution in [0.1, 0.15) is 18.4 Å². The molecule has 1 atom stereocenters. The van der Waals surface area contributed by atoms with Crippen LogP contribution in [-0.2, 0) is 16.8 Å². The molecule has 134 valence electrons. The number of piperidine rings is 1. The second-order valence-corrected chi connectivity index (χ2v) is 8.52. The molecule has 2 saturated heterocycles. The van der Waals surface area contributed by atoms with Crippen molar-refractivity contribution < 1.29 is 8.42 Å². The molecule has 7 heteroatoms. The summed E-state index contributed by atoms with van der Waals surface area (Å²) in [6, 6.07) is 10.6. The molecule has 0 bridgehead atoms. The van der Waals surface area contributed by atoms with Crippen LogP contribution in [0.25, 0.3) is 0 Å². The maximum absolute atomic E-state index is 11.4. The van der Waals surface area contributed by atoms with Crippen molar-refractivity contribution in [3.8, 4) is 0 Å². The SMILES string of the molecule is NS(=O)(=O)N1CCN(CC2CCCN(Cc3ccccc3)C2)CC1. The molecule has 0 amide bonds. The lowest BCUT2D eigenvalue weighted by Gasteiger charge is -2.38. The summed E-state index contributed by atoms with van der Waals surface area (Å²) in [7, 11) is -3.53. The van der Waals surface area contributed by atoms with Gasteiger partial charge in [-0.15, -0.1) is 0 Å². The summed E-state index contributed by atoms with van der Waals surface area (Å²) in [5.41, 5.74) is 1.37. The van der Waals surface area contributed by atoms with E-state index in [-0.39, 0.29) is 0 Å². The summed E-state index contributed by atoms with van der Waals surface area (Å²) < 4.78 is 24.1. The Morgan fingerprint density at radius 3 is 2.38 bits per heavy atom. The van der Waals surface area contributed by atoms with E-state index in [0.717, 1.165) is 32.7 Å². The van der Waals surface area contributed by atoms with Crippen molar-refractivity contribution in [3.63, 3.8) is 0 Å². The summed E-state index contributed by atoms with van der Waals surface area (Å²) in [4.78, 5) is 4.93. The van der Waals surface area contributed by atoms with Crippen LogP contribution >= 0.6 is 0 Å². The molecule has 0 aliphatic carbocycles. The minimum Gasteiger partial charge on any atom is -0.300 e. The maximum atomic E-state index is 11.4. The van der Waals surface area contributed by atoms with Crippen LogP contribution in [0.2, 0.25) is 0 Å². The monoisotopic (exact) mass is 352 g/mol. The predicted octanol–water partition coefficient (Wildman–Crippen LogP) is 0.720. The molecule has 0 aromatic heterocycles. The van der Waals surface area contributed by atoms with Gasteiger partial charge in [-0.3, -0.25) is 4.90 Å². The van der Waals surface area contributed by atoms with Crippen molar-refractivity contribution in [2.24, 2.45) is 11.1 Å². The first-order valence-electron chi connectivity index (χ1n) is 8.77.